The number of aliphatic imine (C=N–C) groups is 1. The lowest BCUT2D eigenvalue weighted by molar-refractivity contribution is 0.512. The summed E-state index contributed by atoms with van der Waals surface area (Å²) in [4.78, 5) is 3.58. The van der Waals surface area contributed by atoms with E-state index in [1.807, 2.05) is 0 Å². The van der Waals surface area contributed by atoms with E-state index in [0.717, 1.165) is 30.3 Å². The first-order valence-electron chi connectivity index (χ1n) is 5.92. The van der Waals surface area contributed by atoms with E-state index in [4.69, 9.17) is 5.73 Å². The molecule has 108 valence electrons. The zero-order chi connectivity index (χ0) is 15.4. The van der Waals surface area contributed by atoms with Gasteiger partial charge in [-0.3, -0.25) is 0 Å². The summed E-state index contributed by atoms with van der Waals surface area (Å²) in [5.74, 6) is -2.78. The molecule has 2 aromatic rings. The molecule has 3 N–H and O–H groups in total. The van der Waals surface area contributed by atoms with Gasteiger partial charge in [-0.05, 0) is 36.4 Å². The van der Waals surface area contributed by atoms with Crippen LogP contribution in [-0.4, -0.2) is 10.9 Å². The van der Waals surface area contributed by atoms with Crippen LogP contribution < -0.4 is 5.73 Å². The second-order valence-electron chi connectivity index (χ2n) is 4.14. The molecule has 0 radical (unpaired) electrons. The molecule has 0 amide bonds. The summed E-state index contributed by atoms with van der Waals surface area (Å²) in [6.07, 6.45) is 1.03. The summed E-state index contributed by atoms with van der Waals surface area (Å²) in [5, 5.41) is 9.79. The minimum Gasteiger partial charge on any atom is -0.507 e. The van der Waals surface area contributed by atoms with Crippen molar-refractivity contribution in [3.8, 4) is 0 Å². The molecule has 2 rings (SSSR count). The average Bonchev–Trinajstić information content (AvgIpc) is 2.43. The SMILES string of the molecule is NC(/C=C(\O)c1ccc(F)cc1)=Nc1c(F)cccc1F. The maximum atomic E-state index is 13.4. The van der Waals surface area contributed by atoms with Gasteiger partial charge < -0.3 is 10.8 Å². The Balaban J connectivity index is 2.31. The summed E-state index contributed by atoms with van der Waals surface area (Å²) in [5.41, 5.74) is 5.27. The van der Waals surface area contributed by atoms with E-state index in [1.165, 1.54) is 18.2 Å². The Hall–Kier alpha value is -2.76. The summed E-state index contributed by atoms with van der Waals surface area (Å²) < 4.78 is 39.5. The molecule has 3 nitrogen and oxygen atoms in total. The molecule has 0 spiro atoms. The lowest BCUT2D eigenvalue weighted by Crippen LogP contribution is -2.08. The minimum absolute atomic E-state index is 0.291. The molecule has 0 saturated carbocycles. The Morgan fingerprint density at radius 2 is 1.57 bits per heavy atom. The molecule has 0 aliphatic carbocycles. The second kappa shape index (κ2) is 6.13. The summed E-state index contributed by atoms with van der Waals surface area (Å²) >= 11 is 0. The van der Waals surface area contributed by atoms with E-state index in [9.17, 15) is 18.3 Å². The number of benzene rings is 2. The van der Waals surface area contributed by atoms with Crippen molar-refractivity contribution < 1.29 is 18.3 Å². The van der Waals surface area contributed by atoms with Gasteiger partial charge in [0, 0.05) is 11.6 Å². The summed E-state index contributed by atoms with van der Waals surface area (Å²) in [6, 6.07) is 8.26. The van der Waals surface area contributed by atoms with Crippen molar-refractivity contribution in [2.75, 3.05) is 0 Å². The molecule has 0 aromatic heterocycles. The van der Waals surface area contributed by atoms with Crippen LogP contribution in [0.5, 0.6) is 0 Å². The molecule has 0 bridgehead atoms. The number of hydrogen-bond donors (Lipinski definition) is 2. The number of aliphatic hydroxyl groups excluding tert-OH is 1. The first kappa shape index (κ1) is 14.6. The standard InChI is InChI=1S/C15H11F3N2O/c16-10-6-4-9(5-7-10)13(21)8-14(19)20-15-11(17)2-1-3-12(15)18/h1-8,21H,(H2,19,20)/b13-8-. The van der Waals surface area contributed by atoms with Crippen molar-refractivity contribution in [3.63, 3.8) is 0 Å². The number of amidine groups is 1. The third kappa shape index (κ3) is 3.62. The van der Waals surface area contributed by atoms with Crippen LogP contribution in [0, 0.1) is 17.5 Å². The molecule has 0 unspecified atom stereocenters. The maximum Gasteiger partial charge on any atom is 0.151 e. The van der Waals surface area contributed by atoms with Crippen molar-refractivity contribution in [2.24, 2.45) is 10.7 Å². The van der Waals surface area contributed by atoms with Crippen LogP contribution in [0.1, 0.15) is 5.56 Å². The molecule has 0 aliphatic heterocycles. The van der Waals surface area contributed by atoms with Crippen LogP contribution >= 0.6 is 0 Å². The lowest BCUT2D eigenvalue weighted by atomic mass is 10.2. The Bertz CT molecular complexity index is 689. The second-order valence-corrected chi connectivity index (χ2v) is 4.14. The summed E-state index contributed by atoms with van der Waals surface area (Å²) in [6.45, 7) is 0. The van der Waals surface area contributed by atoms with Crippen LogP contribution in [0.15, 0.2) is 53.5 Å². The average molecular weight is 292 g/mol. The smallest absolute Gasteiger partial charge is 0.151 e. The highest BCUT2D eigenvalue weighted by Gasteiger charge is 2.07. The minimum atomic E-state index is -0.868. The van der Waals surface area contributed by atoms with Crippen molar-refractivity contribution in [3.05, 3.63) is 71.6 Å². The van der Waals surface area contributed by atoms with Crippen LogP contribution in [0.3, 0.4) is 0 Å². The quantitative estimate of drug-likeness (QED) is 0.515. The van der Waals surface area contributed by atoms with Crippen molar-refractivity contribution >= 4 is 17.3 Å². The van der Waals surface area contributed by atoms with Gasteiger partial charge in [0.2, 0.25) is 0 Å². The molecule has 0 saturated heterocycles. The zero-order valence-corrected chi connectivity index (χ0v) is 10.7. The monoisotopic (exact) mass is 292 g/mol. The van der Waals surface area contributed by atoms with E-state index in [2.05, 4.69) is 4.99 Å². The van der Waals surface area contributed by atoms with Crippen molar-refractivity contribution in [2.45, 2.75) is 0 Å². The first-order valence-corrected chi connectivity index (χ1v) is 5.92. The molecular weight excluding hydrogens is 281 g/mol. The molecule has 0 aliphatic rings. The lowest BCUT2D eigenvalue weighted by Gasteiger charge is -2.02. The number of halogens is 3. The molecule has 0 heterocycles. The maximum absolute atomic E-state index is 13.4. The Morgan fingerprint density at radius 1 is 1.00 bits per heavy atom. The largest absolute Gasteiger partial charge is 0.507 e. The first-order chi connectivity index (χ1) is 9.97. The molecule has 2 aromatic carbocycles. The number of para-hydroxylation sites is 1. The third-order valence-electron chi connectivity index (χ3n) is 2.60. The predicted molar refractivity (Wildman–Crippen MR) is 74.6 cm³/mol. The molecule has 21 heavy (non-hydrogen) atoms. The van der Waals surface area contributed by atoms with Gasteiger partial charge in [-0.25, -0.2) is 18.2 Å². The molecular formula is C15H11F3N2O. The van der Waals surface area contributed by atoms with Crippen LogP contribution in [0.2, 0.25) is 0 Å². The number of nitrogens with zero attached hydrogens (tertiary/aromatic N) is 1. The number of rotatable bonds is 3. The highest BCUT2D eigenvalue weighted by molar-refractivity contribution is 5.98. The summed E-state index contributed by atoms with van der Waals surface area (Å²) in [7, 11) is 0. The Morgan fingerprint density at radius 3 is 2.14 bits per heavy atom. The highest BCUT2D eigenvalue weighted by atomic mass is 19.1. The fourth-order valence-corrected chi connectivity index (χ4v) is 1.60. The van der Waals surface area contributed by atoms with E-state index in [0.29, 0.717) is 5.56 Å². The van der Waals surface area contributed by atoms with E-state index >= 15 is 0 Å². The van der Waals surface area contributed by atoms with Crippen LogP contribution in [0.4, 0.5) is 18.9 Å². The van der Waals surface area contributed by atoms with Gasteiger partial charge >= 0.3 is 0 Å². The van der Waals surface area contributed by atoms with Crippen LogP contribution in [-0.2, 0) is 0 Å². The number of nitrogens with two attached hydrogens (primary N) is 1. The van der Waals surface area contributed by atoms with Gasteiger partial charge in [-0.1, -0.05) is 6.07 Å². The normalized spacial score (nSPS) is 12.5. The van der Waals surface area contributed by atoms with Crippen molar-refractivity contribution in [1.29, 1.82) is 0 Å². The van der Waals surface area contributed by atoms with Gasteiger partial charge in [0.25, 0.3) is 0 Å². The van der Waals surface area contributed by atoms with E-state index in [-0.39, 0.29) is 11.6 Å². The van der Waals surface area contributed by atoms with Gasteiger partial charge in [-0.15, -0.1) is 0 Å². The Kier molecular flexibility index (Phi) is 4.27. The fourth-order valence-electron chi connectivity index (χ4n) is 1.60. The van der Waals surface area contributed by atoms with E-state index in [1.54, 1.807) is 0 Å². The van der Waals surface area contributed by atoms with Gasteiger partial charge in [0.1, 0.15) is 23.1 Å². The number of hydrogen-bond acceptors (Lipinski definition) is 2. The Labute approximate surface area is 118 Å². The predicted octanol–water partition coefficient (Wildman–Crippen LogP) is 3.69. The fraction of sp³-hybridized carbons (Fsp3) is 0. The van der Waals surface area contributed by atoms with Crippen molar-refractivity contribution in [1.82, 2.24) is 0 Å². The van der Waals surface area contributed by atoms with Gasteiger partial charge in [-0.2, -0.15) is 0 Å². The van der Waals surface area contributed by atoms with E-state index < -0.39 is 23.1 Å². The molecule has 6 heteroatoms. The number of aliphatic hydroxyl groups is 1. The molecule has 0 atom stereocenters. The zero-order valence-electron chi connectivity index (χ0n) is 10.7. The molecule has 0 fully saturated rings. The van der Waals surface area contributed by atoms with Gasteiger partial charge in [0.05, 0.1) is 0 Å². The highest BCUT2D eigenvalue weighted by Crippen LogP contribution is 2.21. The third-order valence-corrected chi connectivity index (χ3v) is 2.60. The van der Waals surface area contributed by atoms with Crippen LogP contribution in [0.25, 0.3) is 5.76 Å². The topological polar surface area (TPSA) is 58.6 Å². The van der Waals surface area contributed by atoms with Gasteiger partial charge in [0.15, 0.2) is 11.6 Å².